The van der Waals surface area contributed by atoms with Crippen molar-refractivity contribution in [2.45, 2.75) is 57.7 Å². The minimum atomic E-state index is -0.433. The lowest BCUT2D eigenvalue weighted by Crippen LogP contribution is -2.42. The summed E-state index contributed by atoms with van der Waals surface area (Å²) in [4.78, 5) is 12.0. The van der Waals surface area contributed by atoms with Crippen molar-refractivity contribution >= 4 is 5.91 Å². The van der Waals surface area contributed by atoms with Crippen LogP contribution >= 0.6 is 0 Å². The van der Waals surface area contributed by atoms with Crippen LogP contribution < -0.4 is 11.1 Å². The fourth-order valence-electron chi connectivity index (χ4n) is 2.78. The van der Waals surface area contributed by atoms with Crippen molar-refractivity contribution in [2.24, 2.45) is 5.73 Å². The Morgan fingerprint density at radius 3 is 3.20 bits per heavy atom. The minimum absolute atomic E-state index is 0.00148. The number of aliphatic hydroxyl groups excluding tert-OH is 1. The number of carbonyl (C=O) groups is 1. The quantitative estimate of drug-likeness (QED) is 0.707. The van der Waals surface area contributed by atoms with Gasteiger partial charge in [-0.3, -0.25) is 9.48 Å². The van der Waals surface area contributed by atoms with Gasteiger partial charge in [0.2, 0.25) is 5.91 Å². The van der Waals surface area contributed by atoms with E-state index in [-0.39, 0.29) is 18.6 Å². The van der Waals surface area contributed by atoms with Gasteiger partial charge in [0.25, 0.3) is 0 Å². The number of hydrogen-bond donors (Lipinski definition) is 3. The predicted octanol–water partition coefficient (Wildman–Crippen LogP) is 0.496. The second-order valence-corrected chi connectivity index (χ2v) is 5.34. The number of nitrogens with two attached hydrogens (primary N) is 1. The average molecular weight is 280 g/mol. The normalized spacial score (nSPS) is 19.4. The number of hydrogen-bond acceptors (Lipinski definition) is 4. The first-order valence-electron chi connectivity index (χ1n) is 7.38. The Morgan fingerprint density at radius 1 is 1.70 bits per heavy atom. The van der Waals surface area contributed by atoms with Gasteiger partial charge in [-0.1, -0.05) is 13.3 Å². The lowest BCUT2D eigenvalue weighted by atomic mass is 9.92. The topological polar surface area (TPSA) is 93.2 Å². The van der Waals surface area contributed by atoms with Crippen molar-refractivity contribution in [1.82, 2.24) is 15.1 Å². The van der Waals surface area contributed by atoms with Crippen LogP contribution in [0.15, 0.2) is 6.20 Å². The maximum Gasteiger partial charge on any atom is 0.237 e. The third kappa shape index (κ3) is 3.19. The molecule has 0 saturated carbocycles. The highest BCUT2D eigenvalue weighted by molar-refractivity contribution is 5.81. The van der Waals surface area contributed by atoms with E-state index in [0.29, 0.717) is 13.0 Å². The van der Waals surface area contributed by atoms with Crippen molar-refractivity contribution < 1.29 is 9.90 Å². The average Bonchev–Trinajstić information content (AvgIpc) is 2.84. The highest BCUT2D eigenvalue weighted by atomic mass is 16.3. The van der Waals surface area contributed by atoms with Crippen LogP contribution in [-0.2, 0) is 17.8 Å². The highest BCUT2D eigenvalue weighted by Gasteiger charge is 2.26. The molecule has 0 fully saturated rings. The van der Waals surface area contributed by atoms with Gasteiger partial charge in [0.1, 0.15) is 0 Å². The smallest absolute Gasteiger partial charge is 0.237 e. The largest absolute Gasteiger partial charge is 0.394 e. The van der Waals surface area contributed by atoms with Crippen molar-refractivity contribution in [3.8, 4) is 0 Å². The minimum Gasteiger partial charge on any atom is -0.394 e. The first-order chi connectivity index (χ1) is 9.67. The zero-order valence-corrected chi connectivity index (χ0v) is 12.0. The van der Waals surface area contributed by atoms with Gasteiger partial charge >= 0.3 is 0 Å². The van der Waals surface area contributed by atoms with Crippen molar-refractivity contribution in [2.75, 3.05) is 6.61 Å². The Labute approximate surface area is 119 Å². The van der Waals surface area contributed by atoms with Crippen LogP contribution in [0.3, 0.4) is 0 Å². The van der Waals surface area contributed by atoms with Crippen molar-refractivity contribution in [3.05, 3.63) is 17.5 Å². The Morgan fingerprint density at radius 2 is 2.50 bits per heavy atom. The number of rotatable bonds is 6. The fourth-order valence-corrected chi connectivity index (χ4v) is 2.78. The number of carbonyl (C=O) groups excluding carboxylic acids is 1. The fraction of sp³-hybridized carbons (Fsp3) is 0.714. The summed E-state index contributed by atoms with van der Waals surface area (Å²) >= 11 is 0. The number of amides is 1. The molecule has 0 bridgehead atoms. The molecular formula is C14H24N4O2. The first kappa shape index (κ1) is 15.0. The summed E-state index contributed by atoms with van der Waals surface area (Å²) in [6.45, 7) is 2.60. The van der Waals surface area contributed by atoms with E-state index in [1.807, 2.05) is 11.6 Å². The standard InChI is InChI=1S/C14H24N4O2/c1-2-4-11(15)14(20)17-12-5-3-6-13-10(12)9-16-18(13)7-8-19/h9,11-12,19H,2-8,15H2,1H3,(H,17,20)/t11-,12?/m0/s1. The van der Waals surface area contributed by atoms with Crippen LogP contribution in [0.25, 0.3) is 0 Å². The summed E-state index contributed by atoms with van der Waals surface area (Å²) in [5.74, 6) is -0.0837. The molecule has 2 rings (SSSR count). The number of aromatic nitrogens is 2. The van der Waals surface area contributed by atoms with E-state index in [9.17, 15) is 4.79 Å². The molecule has 20 heavy (non-hydrogen) atoms. The Hall–Kier alpha value is -1.40. The van der Waals surface area contributed by atoms with Gasteiger partial charge in [-0.2, -0.15) is 5.10 Å². The number of nitrogens with one attached hydrogen (secondary N) is 1. The molecule has 6 nitrogen and oxygen atoms in total. The van der Waals surface area contributed by atoms with Crippen LogP contribution in [0.5, 0.6) is 0 Å². The van der Waals surface area contributed by atoms with Crippen LogP contribution in [0.4, 0.5) is 0 Å². The van der Waals surface area contributed by atoms with Gasteiger partial charge in [0, 0.05) is 11.3 Å². The third-order valence-electron chi connectivity index (χ3n) is 3.83. The molecule has 1 heterocycles. The highest BCUT2D eigenvalue weighted by Crippen LogP contribution is 2.29. The number of aliphatic hydroxyl groups is 1. The van der Waals surface area contributed by atoms with Gasteiger partial charge in [-0.25, -0.2) is 0 Å². The summed E-state index contributed by atoms with van der Waals surface area (Å²) in [6, 6.07) is -0.431. The van der Waals surface area contributed by atoms with E-state index in [0.717, 1.165) is 36.9 Å². The van der Waals surface area contributed by atoms with Crippen molar-refractivity contribution in [1.29, 1.82) is 0 Å². The molecule has 1 aromatic heterocycles. The predicted molar refractivity (Wildman–Crippen MR) is 76.0 cm³/mol. The van der Waals surface area contributed by atoms with E-state index in [1.165, 1.54) is 0 Å². The Balaban J connectivity index is 2.07. The van der Waals surface area contributed by atoms with Crippen molar-refractivity contribution in [3.63, 3.8) is 0 Å². The van der Waals surface area contributed by atoms with E-state index >= 15 is 0 Å². The molecule has 0 aromatic carbocycles. The Kier molecular flexibility index (Phi) is 5.14. The summed E-state index contributed by atoms with van der Waals surface area (Å²) in [5, 5.41) is 16.4. The second kappa shape index (κ2) is 6.85. The van der Waals surface area contributed by atoms with Gasteiger partial charge in [-0.05, 0) is 25.7 Å². The molecule has 1 aromatic rings. The molecule has 2 atom stereocenters. The van der Waals surface area contributed by atoms with Gasteiger partial charge in [0.15, 0.2) is 0 Å². The molecule has 0 aliphatic heterocycles. The van der Waals surface area contributed by atoms with Crippen LogP contribution in [0.1, 0.15) is 49.9 Å². The first-order valence-corrected chi connectivity index (χ1v) is 7.38. The molecule has 0 radical (unpaired) electrons. The molecule has 1 aliphatic rings. The lowest BCUT2D eigenvalue weighted by Gasteiger charge is -2.25. The molecule has 112 valence electrons. The molecular weight excluding hydrogens is 256 g/mol. The molecule has 0 spiro atoms. The van der Waals surface area contributed by atoms with Crippen LogP contribution in [0, 0.1) is 0 Å². The maximum absolute atomic E-state index is 12.0. The number of fused-ring (bicyclic) bond motifs is 1. The molecule has 4 N–H and O–H groups in total. The van der Waals surface area contributed by atoms with Gasteiger partial charge < -0.3 is 16.2 Å². The molecule has 1 amide bonds. The second-order valence-electron chi connectivity index (χ2n) is 5.34. The van der Waals surface area contributed by atoms with E-state index in [1.54, 1.807) is 6.20 Å². The van der Waals surface area contributed by atoms with E-state index < -0.39 is 6.04 Å². The molecule has 6 heteroatoms. The van der Waals surface area contributed by atoms with Crippen LogP contribution in [0.2, 0.25) is 0 Å². The molecule has 1 aliphatic carbocycles. The van der Waals surface area contributed by atoms with E-state index in [2.05, 4.69) is 10.4 Å². The molecule has 0 saturated heterocycles. The summed E-state index contributed by atoms with van der Waals surface area (Å²) < 4.78 is 1.83. The molecule has 1 unspecified atom stereocenters. The summed E-state index contributed by atoms with van der Waals surface area (Å²) in [6.07, 6.45) is 6.29. The van der Waals surface area contributed by atoms with E-state index in [4.69, 9.17) is 10.8 Å². The lowest BCUT2D eigenvalue weighted by molar-refractivity contribution is -0.123. The summed E-state index contributed by atoms with van der Waals surface area (Å²) in [5.41, 5.74) is 8.05. The van der Waals surface area contributed by atoms with Crippen LogP contribution in [-0.4, -0.2) is 33.4 Å². The zero-order valence-electron chi connectivity index (χ0n) is 12.0. The SMILES string of the molecule is CCC[C@H](N)C(=O)NC1CCCc2c1cnn2CCO. The summed E-state index contributed by atoms with van der Waals surface area (Å²) in [7, 11) is 0. The Bertz CT molecular complexity index is 458. The maximum atomic E-state index is 12.0. The number of nitrogens with zero attached hydrogens (tertiary/aromatic N) is 2. The van der Waals surface area contributed by atoms with Gasteiger partial charge in [-0.15, -0.1) is 0 Å². The third-order valence-corrected chi connectivity index (χ3v) is 3.83. The van der Waals surface area contributed by atoms with Gasteiger partial charge in [0.05, 0.1) is 31.4 Å². The monoisotopic (exact) mass is 280 g/mol. The zero-order chi connectivity index (χ0) is 14.5.